The maximum atomic E-state index is 12.0. The summed E-state index contributed by atoms with van der Waals surface area (Å²) in [7, 11) is 0. The molecule has 0 amide bonds. The van der Waals surface area contributed by atoms with Crippen molar-refractivity contribution in [3.05, 3.63) is 37.6 Å². The summed E-state index contributed by atoms with van der Waals surface area (Å²) in [5.41, 5.74) is -0.937. The number of ether oxygens (including phenoxy) is 3. The highest BCUT2D eigenvalue weighted by atomic mass is 79.9. The van der Waals surface area contributed by atoms with Crippen LogP contribution in [0.1, 0.15) is 38.0 Å². The summed E-state index contributed by atoms with van der Waals surface area (Å²) in [6, 6.07) is 0. The van der Waals surface area contributed by atoms with Crippen molar-refractivity contribution < 1.29 is 24.1 Å². The van der Waals surface area contributed by atoms with E-state index in [4.69, 9.17) is 14.2 Å². The van der Waals surface area contributed by atoms with Crippen LogP contribution in [0, 0.1) is 0 Å². The first-order valence-corrected chi connectivity index (χ1v) is 9.13. The standard InChI is InChI=1S/C16H21BrN2O7/c1-2-3-6-24-16(23)25-9-12-11(20)7-13(26-12)19-8-10(4-5-17)14(21)18-15(19)22/h4-5,8,11-13,20H,2-3,6-7,9H2,1H3,(H,18,21,22)/t11?,12-,13-/m0/s1. The SMILES string of the molecule is CCCCOC(=O)OC[C@@H]1O[C@H](n2cc(C=CBr)c(=O)[nH]c2=O)CC1O. The number of carbonyl (C=O) groups is 1. The molecule has 26 heavy (non-hydrogen) atoms. The number of halogens is 1. The summed E-state index contributed by atoms with van der Waals surface area (Å²) in [4.78, 5) is 38.8. The molecule has 1 unspecified atom stereocenters. The largest absolute Gasteiger partial charge is 0.508 e. The molecule has 2 N–H and O–H groups in total. The number of unbranched alkanes of at least 4 members (excludes halogenated alkanes) is 1. The Morgan fingerprint density at radius 2 is 2.27 bits per heavy atom. The van der Waals surface area contributed by atoms with Crippen molar-refractivity contribution in [2.45, 2.75) is 44.6 Å². The third-order valence-corrected chi connectivity index (χ3v) is 4.10. The van der Waals surface area contributed by atoms with Gasteiger partial charge in [-0.05, 0) is 17.5 Å². The van der Waals surface area contributed by atoms with Crippen molar-refractivity contribution in [2.75, 3.05) is 13.2 Å². The molecule has 3 atom stereocenters. The second-order valence-electron chi connectivity index (χ2n) is 5.74. The van der Waals surface area contributed by atoms with Gasteiger partial charge in [-0.3, -0.25) is 14.3 Å². The molecule has 2 rings (SSSR count). The number of hydrogen-bond donors (Lipinski definition) is 2. The number of aromatic nitrogens is 2. The van der Waals surface area contributed by atoms with Crippen LogP contribution in [0.15, 0.2) is 20.8 Å². The lowest BCUT2D eigenvalue weighted by molar-refractivity contribution is -0.0588. The van der Waals surface area contributed by atoms with Gasteiger partial charge in [0.05, 0.1) is 18.3 Å². The van der Waals surface area contributed by atoms with Gasteiger partial charge in [0.2, 0.25) is 0 Å². The van der Waals surface area contributed by atoms with Gasteiger partial charge in [-0.2, -0.15) is 0 Å². The molecule has 10 heteroatoms. The van der Waals surface area contributed by atoms with Gasteiger partial charge in [-0.15, -0.1) is 0 Å². The maximum absolute atomic E-state index is 12.0. The highest BCUT2D eigenvalue weighted by molar-refractivity contribution is 9.11. The smallest absolute Gasteiger partial charge is 0.434 e. The number of rotatable bonds is 7. The van der Waals surface area contributed by atoms with E-state index in [1.165, 1.54) is 21.8 Å². The molecule has 0 spiro atoms. The minimum Gasteiger partial charge on any atom is -0.434 e. The predicted octanol–water partition coefficient (Wildman–Crippen LogP) is 1.50. The molecule has 0 aromatic carbocycles. The molecular formula is C16H21BrN2O7. The van der Waals surface area contributed by atoms with Crippen LogP contribution >= 0.6 is 15.9 Å². The van der Waals surface area contributed by atoms with Gasteiger partial charge >= 0.3 is 11.8 Å². The number of carbonyl (C=O) groups excluding carboxylic acids is 1. The number of nitrogens with zero attached hydrogens (tertiary/aromatic N) is 1. The van der Waals surface area contributed by atoms with E-state index in [1.807, 2.05) is 6.92 Å². The van der Waals surface area contributed by atoms with Crippen molar-refractivity contribution >= 4 is 28.2 Å². The third kappa shape index (κ3) is 5.29. The fraction of sp³-hybridized carbons (Fsp3) is 0.562. The quantitative estimate of drug-likeness (QED) is 0.494. The van der Waals surface area contributed by atoms with E-state index in [2.05, 4.69) is 20.9 Å². The molecular weight excluding hydrogens is 412 g/mol. The third-order valence-electron chi connectivity index (χ3n) is 3.84. The summed E-state index contributed by atoms with van der Waals surface area (Å²) < 4.78 is 16.6. The van der Waals surface area contributed by atoms with Gasteiger partial charge in [0.1, 0.15) is 18.9 Å². The Morgan fingerprint density at radius 1 is 1.50 bits per heavy atom. The second kappa shape index (κ2) is 9.70. The maximum Gasteiger partial charge on any atom is 0.508 e. The molecule has 2 heterocycles. The Balaban J connectivity index is 2.00. The van der Waals surface area contributed by atoms with Crippen molar-refractivity contribution in [1.82, 2.24) is 9.55 Å². The van der Waals surface area contributed by atoms with Gasteiger partial charge < -0.3 is 19.3 Å². The van der Waals surface area contributed by atoms with E-state index in [0.717, 1.165) is 12.8 Å². The van der Waals surface area contributed by atoms with Crippen molar-refractivity contribution in [3.63, 3.8) is 0 Å². The van der Waals surface area contributed by atoms with Gasteiger partial charge in [-0.1, -0.05) is 29.3 Å². The summed E-state index contributed by atoms with van der Waals surface area (Å²) in [5.74, 6) is 0. The molecule has 1 aromatic heterocycles. The van der Waals surface area contributed by atoms with Crippen LogP contribution in [-0.4, -0.2) is 46.2 Å². The zero-order chi connectivity index (χ0) is 19.1. The Bertz CT molecular complexity index is 758. The van der Waals surface area contributed by atoms with Gasteiger partial charge in [0, 0.05) is 12.6 Å². The average Bonchev–Trinajstić information content (AvgIpc) is 2.96. The number of hydrogen-bond acceptors (Lipinski definition) is 7. The fourth-order valence-electron chi connectivity index (χ4n) is 2.43. The fourth-order valence-corrected chi connectivity index (χ4v) is 2.71. The number of aliphatic hydroxyl groups excluding tert-OH is 1. The molecule has 1 aromatic rings. The monoisotopic (exact) mass is 432 g/mol. The van der Waals surface area contributed by atoms with Gasteiger partial charge in [0.15, 0.2) is 0 Å². The lowest BCUT2D eigenvalue weighted by Gasteiger charge is -2.16. The predicted molar refractivity (Wildman–Crippen MR) is 96.0 cm³/mol. The van der Waals surface area contributed by atoms with Crippen molar-refractivity contribution in [2.24, 2.45) is 0 Å². The molecule has 0 bridgehead atoms. The van der Waals surface area contributed by atoms with Crippen LogP contribution in [0.3, 0.4) is 0 Å². The van der Waals surface area contributed by atoms with Crippen LogP contribution in [0.2, 0.25) is 0 Å². The first kappa shape index (κ1) is 20.4. The first-order chi connectivity index (χ1) is 12.5. The zero-order valence-electron chi connectivity index (χ0n) is 14.2. The summed E-state index contributed by atoms with van der Waals surface area (Å²) in [6.07, 6.45) is 1.21. The number of aliphatic hydroxyl groups is 1. The van der Waals surface area contributed by atoms with E-state index in [1.54, 1.807) is 0 Å². The highest BCUT2D eigenvalue weighted by Crippen LogP contribution is 2.28. The Morgan fingerprint density at radius 3 is 2.96 bits per heavy atom. The molecule has 9 nitrogen and oxygen atoms in total. The number of nitrogens with one attached hydrogen (secondary N) is 1. The first-order valence-electron chi connectivity index (χ1n) is 8.21. The number of aromatic amines is 1. The minimum absolute atomic E-state index is 0.113. The average molecular weight is 433 g/mol. The summed E-state index contributed by atoms with van der Waals surface area (Å²) in [5, 5.41) is 10.1. The Labute approximate surface area is 157 Å². The molecule has 1 saturated heterocycles. The number of H-pyrrole nitrogens is 1. The van der Waals surface area contributed by atoms with Crippen LogP contribution in [0.5, 0.6) is 0 Å². The lowest BCUT2D eigenvalue weighted by Crippen LogP contribution is -2.33. The van der Waals surface area contributed by atoms with E-state index in [0.29, 0.717) is 0 Å². The normalized spacial score (nSPS) is 22.7. The molecule has 144 valence electrons. The van der Waals surface area contributed by atoms with Crippen LogP contribution in [0.25, 0.3) is 6.08 Å². The Kier molecular flexibility index (Phi) is 7.61. The minimum atomic E-state index is -0.933. The molecule has 1 aliphatic heterocycles. The van der Waals surface area contributed by atoms with Crippen LogP contribution in [-0.2, 0) is 14.2 Å². The molecule has 0 radical (unpaired) electrons. The molecule has 0 aliphatic carbocycles. The summed E-state index contributed by atoms with van der Waals surface area (Å²) >= 11 is 3.07. The molecule has 1 fully saturated rings. The van der Waals surface area contributed by atoms with Crippen molar-refractivity contribution in [1.29, 1.82) is 0 Å². The van der Waals surface area contributed by atoms with E-state index in [9.17, 15) is 19.5 Å². The lowest BCUT2D eigenvalue weighted by atomic mass is 10.2. The van der Waals surface area contributed by atoms with Crippen LogP contribution in [0.4, 0.5) is 4.79 Å². The van der Waals surface area contributed by atoms with Gasteiger partial charge in [0.25, 0.3) is 5.56 Å². The highest BCUT2D eigenvalue weighted by Gasteiger charge is 2.36. The Hall–Kier alpha value is -1.91. The topological polar surface area (TPSA) is 120 Å². The van der Waals surface area contributed by atoms with E-state index >= 15 is 0 Å². The molecule has 0 saturated carbocycles. The summed E-state index contributed by atoms with van der Waals surface area (Å²) in [6.45, 7) is 2.03. The zero-order valence-corrected chi connectivity index (χ0v) is 15.8. The van der Waals surface area contributed by atoms with E-state index in [-0.39, 0.29) is 25.2 Å². The van der Waals surface area contributed by atoms with Crippen molar-refractivity contribution in [3.8, 4) is 0 Å². The van der Waals surface area contributed by atoms with Crippen LogP contribution < -0.4 is 11.2 Å². The second-order valence-corrected chi connectivity index (χ2v) is 6.27. The van der Waals surface area contributed by atoms with Gasteiger partial charge in [-0.25, -0.2) is 9.59 Å². The molecule has 1 aliphatic rings. The van der Waals surface area contributed by atoms with E-state index < -0.39 is 35.8 Å².